The summed E-state index contributed by atoms with van der Waals surface area (Å²) in [6.07, 6.45) is 1.41. The van der Waals surface area contributed by atoms with Crippen molar-refractivity contribution in [1.29, 1.82) is 0 Å². The van der Waals surface area contributed by atoms with Gasteiger partial charge in [-0.05, 0) is 19.8 Å². The number of piperidine rings is 1. The highest BCUT2D eigenvalue weighted by Crippen LogP contribution is 2.31. The summed E-state index contributed by atoms with van der Waals surface area (Å²) < 4.78 is 4.93. The molecule has 0 unspecified atom stereocenters. The van der Waals surface area contributed by atoms with Crippen LogP contribution in [0.15, 0.2) is 0 Å². The number of rotatable bonds is 2. The molecule has 0 aromatic carbocycles. The van der Waals surface area contributed by atoms with Gasteiger partial charge in [-0.25, -0.2) is 4.79 Å². The van der Waals surface area contributed by atoms with E-state index in [1.165, 1.54) is 0 Å². The maximum atomic E-state index is 11.4. The molecule has 0 aliphatic carbocycles. The van der Waals surface area contributed by atoms with Crippen molar-refractivity contribution in [3.8, 4) is 0 Å². The molecule has 1 amide bonds. The van der Waals surface area contributed by atoms with E-state index in [4.69, 9.17) is 22.7 Å². The molecule has 1 aliphatic heterocycles. The quantitative estimate of drug-likeness (QED) is 0.731. The van der Waals surface area contributed by atoms with E-state index in [0.717, 1.165) is 12.8 Å². The second-order valence-corrected chi connectivity index (χ2v) is 4.55. The highest BCUT2D eigenvalue weighted by molar-refractivity contribution is 7.80. The van der Waals surface area contributed by atoms with Crippen LogP contribution >= 0.6 is 12.2 Å². The van der Waals surface area contributed by atoms with Gasteiger partial charge in [-0.2, -0.15) is 0 Å². The fourth-order valence-electron chi connectivity index (χ4n) is 1.64. The van der Waals surface area contributed by atoms with Crippen molar-refractivity contribution in [3.05, 3.63) is 0 Å². The molecule has 1 heterocycles. The summed E-state index contributed by atoms with van der Waals surface area (Å²) in [5.74, 6) is 0. The van der Waals surface area contributed by atoms with E-state index < -0.39 is 0 Å². The molecule has 2 N–H and O–H groups in total. The molecule has 0 saturated carbocycles. The largest absolute Gasteiger partial charge is 0.450 e. The Bertz CT molecular complexity index is 260. The number of hydrogen-bond acceptors (Lipinski definition) is 3. The van der Waals surface area contributed by atoms with Crippen molar-refractivity contribution < 1.29 is 9.53 Å². The van der Waals surface area contributed by atoms with E-state index in [1.54, 1.807) is 11.8 Å². The topological polar surface area (TPSA) is 55.6 Å². The maximum absolute atomic E-state index is 11.4. The molecule has 4 nitrogen and oxygen atoms in total. The summed E-state index contributed by atoms with van der Waals surface area (Å²) in [7, 11) is 0. The Balaban J connectivity index is 2.49. The number of hydrogen-bond donors (Lipinski definition) is 1. The summed E-state index contributed by atoms with van der Waals surface area (Å²) in [6.45, 7) is 5.63. The van der Waals surface area contributed by atoms with Gasteiger partial charge in [0.2, 0.25) is 0 Å². The van der Waals surface area contributed by atoms with Crippen LogP contribution in [0.1, 0.15) is 26.7 Å². The first kappa shape index (κ1) is 12.2. The molecule has 0 aromatic heterocycles. The third-order valence-corrected chi connectivity index (χ3v) is 3.48. The van der Waals surface area contributed by atoms with Crippen LogP contribution in [0.3, 0.4) is 0 Å². The second kappa shape index (κ2) is 4.79. The molecule has 1 rings (SSSR count). The number of thiocarbonyl (C=S) groups is 1. The normalized spacial score (nSPS) is 19.7. The fraction of sp³-hybridized carbons (Fsp3) is 0.800. The molecule has 5 heteroatoms. The minimum Gasteiger partial charge on any atom is -0.450 e. The number of nitrogens with two attached hydrogens (primary N) is 1. The highest BCUT2D eigenvalue weighted by Gasteiger charge is 2.34. The van der Waals surface area contributed by atoms with Crippen molar-refractivity contribution in [2.45, 2.75) is 26.7 Å². The Hall–Kier alpha value is -0.840. The lowest BCUT2D eigenvalue weighted by Crippen LogP contribution is -2.46. The summed E-state index contributed by atoms with van der Waals surface area (Å²) in [4.78, 5) is 13.7. The zero-order chi connectivity index (χ0) is 11.5. The first-order valence-corrected chi connectivity index (χ1v) is 5.62. The molecule has 15 heavy (non-hydrogen) atoms. The van der Waals surface area contributed by atoms with Gasteiger partial charge < -0.3 is 15.4 Å². The van der Waals surface area contributed by atoms with Gasteiger partial charge in [-0.1, -0.05) is 19.1 Å². The second-order valence-electron chi connectivity index (χ2n) is 4.11. The lowest BCUT2D eigenvalue weighted by molar-refractivity contribution is 0.0872. The summed E-state index contributed by atoms with van der Waals surface area (Å²) >= 11 is 5.03. The maximum Gasteiger partial charge on any atom is 0.409 e. The van der Waals surface area contributed by atoms with E-state index in [9.17, 15) is 4.79 Å². The van der Waals surface area contributed by atoms with Crippen molar-refractivity contribution in [2.24, 2.45) is 11.1 Å². The van der Waals surface area contributed by atoms with E-state index in [0.29, 0.717) is 24.7 Å². The fourth-order valence-corrected chi connectivity index (χ4v) is 1.85. The Morgan fingerprint density at radius 2 is 2.07 bits per heavy atom. The Labute approximate surface area is 95.8 Å². The van der Waals surface area contributed by atoms with Crippen molar-refractivity contribution in [2.75, 3.05) is 19.7 Å². The average Bonchev–Trinajstić information content (AvgIpc) is 2.19. The standard InChI is InChI=1S/C10H18N2O2S/c1-3-14-9(13)12-6-4-10(2,5-7-12)8(11)15/h3-7H2,1-2H3,(H2,11,15). The Morgan fingerprint density at radius 3 is 2.47 bits per heavy atom. The molecule has 0 spiro atoms. The van der Waals surface area contributed by atoms with Crippen LogP contribution in [0.5, 0.6) is 0 Å². The molecule has 86 valence electrons. The molecule has 0 atom stereocenters. The van der Waals surface area contributed by atoms with Gasteiger partial charge in [0.15, 0.2) is 0 Å². The smallest absolute Gasteiger partial charge is 0.409 e. The molecule has 0 radical (unpaired) electrons. The van der Waals surface area contributed by atoms with E-state index in [2.05, 4.69) is 6.92 Å². The first-order chi connectivity index (χ1) is 6.99. The van der Waals surface area contributed by atoms with E-state index >= 15 is 0 Å². The molecule has 0 bridgehead atoms. The minimum absolute atomic E-state index is 0.0989. The van der Waals surface area contributed by atoms with E-state index in [-0.39, 0.29) is 11.5 Å². The molecular weight excluding hydrogens is 212 g/mol. The van der Waals surface area contributed by atoms with Crippen LogP contribution < -0.4 is 5.73 Å². The number of carbonyl (C=O) groups is 1. The third kappa shape index (κ3) is 2.81. The predicted molar refractivity (Wildman–Crippen MR) is 62.7 cm³/mol. The van der Waals surface area contributed by atoms with Crippen LogP contribution in [0, 0.1) is 5.41 Å². The molecular formula is C10H18N2O2S. The molecule has 1 fully saturated rings. The van der Waals surface area contributed by atoms with Crippen LogP contribution in [0.25, 0.3) is 0 Å². The van der Waals surface area contributed by atoms with Crippen LogP contribution in [-0.4, -0.2) is 35.7 Å². The molecule has 1 saturated heterocycles. The zero-order valence-electron chi connectivity index (χ0n) is 9.28. The summed E-state index contributed by atoms with van der Waals surface area (Å²) in [6, 6.07) is 0. The van der Waals surface area contributed by atoms with Gasteiger partial charge in [0.05, 0.1) is 11.6 Å². The minimum atomic E-state index is -0.234. The van der Waals surface area contributed by atoms with E-state index in [1.807, 2.05) is 0 Å². The Kier molecular flexibility index (Phi) is 3.90. The van der Waals surface area contributed by atoms with Crippen molar-refractivity contribution in [3.63, 3.8) is 0 Å². The third-order valence-electron chi connectivity index (χ3n) is 2.99. The lowest BCUT2D eigenvalue weighted by atomic mass is 9.80. The van der Waals surface area contributed by atoms with Crippen LogP contribution in [0.4, 0.5) is 4.79 Å². The van der Waals surface area contributed by atoms with Crippen molar-refractivity contribution >= 4 is 23.3 Å². The van der Waals surface area contributed by atoms with Gasteiger partial charge >= 0.3 is 6.09 Å². The Morgan fingerprint density at radius 1 is 1.53 bits per heavy atom. The lowest BCUT2D eigenvalue weighted by Gasteiger charge is -2.37. The van der Waals surface area contributed by atoms with Crippen LogP contribution in [-0.2, 0) is 4.74 Å². The molecule has 1 aliphatic rings. The number of likely N-dealkylation sites (tertiary alicyclic amines) is 1. The number of nitrogens with zero attached hydrogens (tertiary/aromatic N) is 1. The first-order valence-electron chi connectivity index (χ1n) is 5.21. The molecule has 0 aromatic rings. The van der Waals surface area contributed by atoms with Gasteiger partial charge in [0.1, 0.15) is 0 Å². The van der Waals surface area contributed by atoms with Gasteiger partial charge in [0.25, 0.3) is 0 Å². The number of amides is 1. The average molecular weight is 230 g/mol. The highest BCUT2D eigenvalue weighted by atomic mass is 32.1. The summed E-state index contributed by atoms with van der Waals surface area (Å²) in [5.41, 5.74) is 5.58. The van der Waals surface area contributed by atoms with Crippen LogP contribution in [0.2, 0.25) is 0 Å². The number of ether oxygens (including phenoxy) is 1. The van der Waals surface area contributed by atoms with Gasteiger partial charge in [-0.15, -0.1) is 0 Å². The van der Waals surface area contributed by atoms with Crippen molar-refractivity contribution in [1.82, 2.24) is 4.90 Å². The number of carbonyl (C=O) groups excluding carboxylic acids is 1. The van der Waals surface area contributed by atoms with Gasteiger partial charge in [0, 0.05) is 18.5 Å². The summed E-state index contributed by atoms with van der Waals surface area (Å²) in [5, 5.41) is 0. The SMILES string of the molecule is CCOC(=O)N1CCC(C)(C(N)=S)CC1. The monoisotopic (exact) mass is 230 g/mol. The predicted octanol–water partition coefficient (Wildman–Crippen LogP) is 1.53. The van der Waals surface area contributed by atoms with Gasteiger partial charge in [-0.3, -0.25) is 0 Å². The zero-order valence-corrected chi connectivity index (χ0v) is 10.1.